The summed E-state index contributed by atoms with van der Waals surface area (Å²) >= 11 is 3.46. The number of hydrogen-bond donors (Lipinski definition) is 1. The first-order chi connectivity index (χ1) is 14.8. The average Bonchev–Trinajstić information content (AvgIpc) is 3.16. The lowest BCUT2D eigenvalue weighted by Gasteiger charge is -2.08. The predicted molar refractivity (Wildman–Crippen MR) is 117 cm³/mol. The van der Waals surface area contributed by atoms with Gasteiger partial charge < -0.3 is 9.73 Å². The van der Waals surface area contributed by atoms with Crippen molar-refractivity contribution in [2.24, 2.45) is 0 Å². The zero-order chi connectivity index (χ0) is 22.2. The van der Waals surface area contributed by atoms with Gasteiger partial charge in [0.25, 0.3) is 5.91 Å². The number of carbonyl (C=O) groups excluding carboxylic acids is 1. The lowest BCUT2D eigenvalue weighted by molar-refractivity contribution is 0.102. The number of hydrogen-bond acceptors (Lipinski definition) is 7. The number of carbonyl (C=O) groups is 1. The van der Waals surface area contributed by atoms with E-state index in [0.29, 0.717) is 22.7 Å². The Balaban J connectivity index is 1.69. The summed E-state index contributed by atoms with van der Waals surface area (Å²) in [6.07, 6.45) is 2.06. The topological polar surface area (TPSA) is 126 Å². The van der Waals surface area contributed by atoms with E-state index in [0.717, 1.165) is 22.5 Å². The van der Waals surface area contributed by atoms with Crippen molar-refractivity contribution in [3.8, 4) is 17.5 Å². The molecule has 2 aromatic carbocycles. The number of halogens is 1. The summed E-state index contributed by atoms with van der Waals surface area (Å²) in [4.78, 5) is 21.0. The Hall–Kier alpha value is -3.55. The normalized spacial score (nSPS) is 11.3. The van der Waals surface area contributed by atoms with Gasteiger partial charge in [0.2, 0.25) is 5.89 Å². The maximum absolute atomic E-state index is 12.8. The molecule has 0 saturated heterocycles. The van der Waals surface area contributed by atoms with Crippen molar-refractivity contribution in [1.82, 2.24) is 9.97 Å². The molecule has 1 N–H and O–H groups in total. The largest absolute Gasteiger partial charge is 0.436 e. The highest BCUT2D eigenvalue weighted by Crippen LogP contribution is 2.31. The van der Waals surface area contributed by atoms with Crippen molar-refractivity contribution in [3.63, 3.8) is 0 Å². The summed E-state index contributed by atoms with van der Waals surface area (Å²) in [5.74, 6) is -0.296. The number of oxazole rings is 1. The molecule has 1 amide bonds. The summed E-state index contributed by atoms with van der Waals surface area (Å²) in [7, 11) is -3.77. The standard InChI is InChI=1S/C21H13BrN4O4S/c1-31(28,29)21-15(8-12(10-23)11-24-21)19(27)25-13-6-7-18-17(9-13)26-20(30-18)14-4-2-3-5-16(14)22/h2-9,11H,1H3,(H,25,27). The highest BCUT2D eigenvalue weighted by atomic mass is 79.9. The predicted octanol–water partition coefficient (Wildman–Crippen LogP) is 4.18. The minimum atomic E-state index is -3.77. The molecule has 8 nitrogen and oxygen atoms in total. The number of benzene rings is 2. The van der Waals surface area contributed by atoms with Crippen LogP contribution in [0.3, 0.4) is 0 Å². The molecule has 4 rings (SSSR count). The first-order valence-electron chi connectivity index (χ1n) is 8.83. The van der Waals surface area contributed by atoms with E-state index in [1.54, 1.807) is 18.2 Å². The quantitative estimate of drug-likeness (QED) is 0.448. The number of nitriles is 1. The highest BCUT2D eigenvalue weighted by Gasteiger charge is 2.22. The van der Waals surface area contributed by atoms with Gasteiger partial charge >= 0.3 is 0 Å². The molecule has 154 valence electrons. The van der Waals surface area contributed by atoms with Crippen LogP contribution in [0.2, 0.25) is 0 Å². The third-order valence-corrected chi connectivity index (χ3v) is 6.05. The number of aromatic nitrogens is 2. The molecule has 31 heavy (non-hydrogen) atoms. The van der Waals surface area contributed by atoms with Crippen molar-refractivity contribution in [2.75, 3.05) is 11.6 Å². The summed E-state index contributed by atoms with van der Waals surface area (Å²) in [5.41, 5.74) is 2.05. The van der Waals surface area contributed by atoms with Crippen LogP contribution >= 0.6 is 15.9 Å². The maximum Gasteiger partial charge on any atom is 0.258 e. The summed E-state index contributed by atoms with van der Waals surface area (Å²) in [5, 5.41) is 11.3. The number of rotatable bonds is 4. The number of amides is 1. The number of nitrogens with zero attached hydrogens (tertiary/aromatic N) is 3. The Morgan fingerprint density at radius 1 is 1.19 bits per heavy atom. The molecule has 0 unspecified atom stereocenters. The molecule has 2 aromatic heterocycles. The van der Waals surface area contributed by atoms with Gasteiger partial charge in [0.1, 0.15) is 11.6 Å². The molecule has 0 radical (unpaired) electrons. The molecule has 0 aliphatic carbocycles. The van der Waals surface area contributed by atoms with Crippen LogP contribution in [0.1, 0.15) is 15.9 Å². The fourth-order valence-electron chi connectivity index (χ4n) is 2.92. The van der Waals surface area contributed by atoms with Gasteiger partial charge in [-0.15, -0.1) is 0 Å². The summed E-state index contributed by atoms with van der Waals surface area (Å²) < 4.78 is 30.6. The molecule has 0 spiro atoms. The van der Waals surface area contributed by atoms with E-state index in [2.05, 4.69) is 31.2 Å². The molecule has 10 heteroatoms. The fourth-order valence-corrected chi connectivity index (χ4v) is 4.17. The Kier molecular flexibility index (Phi) is 5.31. The lowest BCUT2D eigenvalue weighted by Crippen LogP contribution is -2.17. The first-order valence-corrected chi connectivity index (χ1v) is 11.5. The van der Waals surface area contributed by atoms with Crippen LogP contribution in [-0.4, -0.2) is 30.5 Å². The van der Waals surface area contributed by atoms with E-state index in [-0.39, 0.29) is 11.1 Å². The van der Waals surface area contributed by atoms with Gasteiger partial charge in [0, 0.05) is 22.6 Å². The second kappa shape index (κ2) is 7.94. The smallest absolute Gasteiger partial charge is 0.258 e. The molecule has 0 fully saturated rings. The van der Waals surface area contributed by atoms with E-state index in [9.17, 15) is 13.2 Å². The molecule has 0 saturated carbocycles. The molecule has 0 bridgehead atoms. The van der Waals surface area contributed by atoms with Crippen LogP contribution in [0.5, 0.6) is 0 Å². The number of sulfone groups is 1. The van der Waals surface area contributed by atoms with Crippen LogP contribution in [0.25, 0.3) is 22.6 Å². The summed E-state index contributed by atoms with van der Waals surface area (Å²) in [6, 6.07) is 15.4. The van der Waals surface area contributed by atoms with E-state index in [4.69, 9.17) is 9.68 Å². The van der Waals surface area contributed by atoms with Gasteiger partial charge in [-0.25, -0.2) is 18.4 Å². The first kappa shape index (κ1) is 20.7. The van der Waals surface area contributed by atoms with Crippen molar-refractivity contribution in [1.29, 1.82) is 5.26 Å². The van der Waals surface area contributed by atoms with Gasteiger partial charge in [0.15, 0.2) is 20.4 Å². The van der Waals surface area contributed by atoms with Crippen LogP contribution < -0.4 is 5.32 Å². The fraction of sp³-hybridized carbons (Fsp3) is 0.0476. The number of pyridine rings is 1. The maximum atomic E-state index is 12.8. The highest BCUT2D eigenvalue weighted by molar-refractivity contribution is 9.10. The second-order valence-electron chi connectivity index (χ2n) is 6.60. The monoisotopic (exact) mass is 496 g/mol. The zero-order valence-corrected chi connectivity index (χ0v) is 18.4. The molecule has 4 aromatic rings. The van der Waals surface area contributed by atoms with Crippen LogP contribution in [-0.2, 0) is 9.84 Å². The Bertz CT molecular complexity index is 1490. The van der Waals surface area contributed by atoms with E-state index < -0.39 is 20.8 Å². The van der Waals surface area contributed by atoms with Crippen LogP contribution in [0.4, 0.5) is 5.69 Å². The number of anilines is 1. The molecular weight excluding hydrogens is 484 g/mol. The number of fused-ring (bicyclic) bond motifs is 1. The Morgan fingerprint density at radius 3 is 2.68 bits per heavy atom. The molecule has 0 aliphatic heterocycles. The molecular formula is C21H13BrN4O4S. The Labute approximate surface area is 185 Å². The lowest BCUT2D eigenvalue weighted by atomic mass is 10.2. The van der Waals surface area contributed by atoms with Crippen molar-refractivity contribution >= 4 is 48.5 Å². The minimum Gasteiger partial charge on any atom is -0.436 e. The van der Waals surface area contributed by atoms with Gasteiger partial charge in [-0.05, 0) is 52.3 Å². The molecule has 2 heterocycles. The second-order valence-corrected chi connectivity index (χ2v) is 9.38. The molecule has 0 aliphatic rings. The minimum absolute atomic E-state index is 0.0718. The van der Waals surface area contributed by atoms with Crippen molar-refractivity contribution in [2.45, 2.75) is 5.03 Å². The van der Waals surface area contributed by atoms with Crippen molar-refractivity contribution < 1.29 is 17.6 Å². The third kappa shape index (κ3) is 4.19. The SMILES string of the molecule is CS(=O)(=O)c1ncc(C#N)cc1C(=O)Nc1ccc2oc(-c3ccccc3Br)nc2c1. The van der Waals surface area contributed by atoms with Gasteiger partial charge in [-0.1, -0.05) is 12.1 Å². The summed E-state index contributed by atoms with van der Waals surface area (Å²) in [6.45, 7) is 0. The van der Waals surface area contributed by atoms with Crippen molar-refractivity contribution in [3.05, 3.63) is 70.3 Å². The van der Waals surface area contributed by atoms with E-state index >= 15 is 0 Å². The van der Waals surface area contributed by atoms with Gasteiger partial charge in [-0.2, -0.15) is 5.26 Å². The van der Waals surface area contributed by atoms with Gasteiger partial charge in [0.05, 0.1) is 16.7 Å². The zero-order valence-electron chi connectivity index (χ0n) is 16.0. The van der Waals surface area contributed by atoms with E-state index in [1.165, 1.54) is 6.07 Å². The van der Waals surface area contributed by atoms with Crippen LogP contribution in [0, 0.1) is 11.3 Å². The Morgan fingerprint density at radius 2 is 1.97 bits per heavy atom. The van der Waals surface area contributed by atoms with Gasteiger partial charge in [-0.3, -0.25) is 4.79 Å². The average molecular weight is 497 g/mol. The molecule has 0 atom stereocenters. The third-order valence-electron chi connectivity index (χ3n) is 4.33. The van der Waals surface area contributed by atoms with Crippen LogP contribution in [0.15, 0.2) is 68.6 Å². The number of nitrogens with one attached hydrogen (secondary N) is 1. The van der Waals surface area contributed by atoms with E-state index in [1.807, 2.05) is 30.3 Å².